The molecule has 1 aromatic heterocycles. The van der Waals surface area contributed by atoms with Crippen LogP contribution in [-0.4, -0.2) is 20.6 Å². The van der Waals surface area contributed by atoms with Gasteiger partial charge in [-0.15, -0.1) is 11.3 Å². The van der Waals surface area contributed by atoms with Gasteiger partial charge in [-0.1, -0.05) is 11.6 Å². The lowest BCUT2D eigenvalue weighted by Crippen LogP contribution is -3.05. The van der Waals surface area contributed by atoms with Crippen LogP contribution in [0.3, 0.4) is 0 Å². The smallest absolute Gasteiger partial charge is 0.0808 e. The van der Waals surface area contributed by atoms with Gasteiger partial charge in [0.05, 0.1) is 20.6 Å². The molecule has 80 valence electrons. The second-order valence-corrected chi connectivity index (χ2v) is 5.46. The molecule has 1 heterocycles. The topological polar surface area (TPSA) is 4.44 Å². The number of rotatable bonds is 3. The maximum Gasteiger partial charge on any atom is 0.0808 e. The molecule has 0 atom stereocenters. The van der Waals surface area contributed by atoms with E-state index in [1.807, 2.05) is 6.07 Å². The third-order valence-corrected chi connectivity index (χ3v) is 3.76. The molecule has 0 amide bonds. The average molecular weight is 241 g/mol. The van der Waals surface area contributed by atoms with Crippen LogP contribution < -0.4 is 4.90 Å². The van der Waals surface area contributed by atoms with Gasteiger partial charge in [0.15, 0.2) is 0 Å². The molecule has 2 rings (SSSR count). The van der Waals surface area contributed by atoms with Gasteiger partial charge in [0, 0.05) is 16.1 Å². The quantitative estimate of drug-likeness (QED) is 0.840. The Morgan fingerprint density at radius 1 is 1.33 bits per heavy atom. The van der Waals surface area contributed by atoms with E-state index in [0.717, 1.165) is 11.4 Å². The second-order valence-electron chi connectivity index (χ2n) is 4.11. The first-order chi connectivity index (χ1) is 7.16. The summed E-state index contributed by atoms with van der Waals surface area (Å²) in [6.07, 6.45) is 1.13. The van der Waals surface area contributed by atoms with Gasteiger partial charge in [-0.05, 0) is 34.5 Å². The summed E-state index contributed by atoms with van der Waals surface area (Å²) in [5.74, 6) is 0. The van der Waals surface area contributed by atoms with E-state index in [-0.39, 0.29) is 0 Å². The molecule has 1 aromatic carbocycles. The van der Waals surface area contributed by atoms with Crippen molar-refractivity contribution in [1.29, 1.82) is 0 Å². The first-order valence-electron chi connectivity index (χ1n) is 5.11. The van der Waals surface area contributed by atoms with E-state index in [4.69, 9.17) is 11.6 Å². The van der Waals surface area contributed by atoms with E-state index < -0.39 is 0 Å². The van der Waals surface area contributed by atoms with Crippen LogP contribution in [-0.2, 0) is 6.42 Å². The van der Waals surface area contributed by atoms with Crippen molar-refractivity contribution < 1.29 is 4.90 Å². The third kappa shape index (κ3) is 2.51. The minimum atomic E-state index is 0.833. The number of nitrogens with one attached hydrogen (secondary N) is 1. The van der Waals surface area contributed by atoms with Gasteiger partial charge in [-0.25, -0.2) is 0 Å². The third-order valence-electron chi connectivity index (χ3n) is 2.51. The Balaban J connectivity index is 2.31. The Morgan fingerprint density at radius 2 is 2.13 bits per heavy atom. The summed E-state index contributed by atoms with van der Waals surface area (Å²) in [5.41, 5.74) is 1.43. The number of halogens is 1. The predicted molar refractivity (Wildman–Crippen MR) is 68.2 cm³/mol. The molecular formula is C12H15ClNS+. The SMILES string of the molecule is C[NH+](C)CCc1csc2ccc(Cl)cc12. The molecule has 1 nitrogen and oxygen atoms in total. The van der Waals surface area contributed by atoms with Crippen LogP contribution in [0.15, 0.2) is 23.6 Å². The summed E-state index contributed by atoms with van der Waals surface area (Å²) < 4.78 is 1.34. The van der Waals surface area contributed by atoms with Gasteiger partial charge in [-0.2, -0.15) is 0 Å². The Hall–Kier alpha value is -0.570. The van der Waals surface area contributed by atoms with E-state index in [1.165, 1.54) is 27.1 Å². The highest BCUT2D eigenvalue weighted by Crippen LogP contribution is 2.28. The fourth-order valence-corrected chi connectivity index (χ4v) is 2.78. The summed E-state index contributed by atoms with van der Waals surface area (Å²) >= 11 is 7.82. The van der Waals surface area contributed by atoms with Crippen LogP contribution in [0.4, 0.5) is 0 Å². The molecule has 0 unspecified atom stereocenters. The molecule has 15 heavy (non-hydrogen) atoms. The van der Waals surface area contributed by atoms with Crippen LogP contribution in [0, 0.1) is 0 Å². The zero-order valence-corrected chi connectivity index (χ0v) is 10.6. The summed E-state index contributed by atoms with van der Waals surface area (Å²) in [4.78, 5) is 1.48. The first-order valence-corrected chi connectivity index (χ1v) is 6.37. The van der Waals surface area contributed by atoms with Gasteiger partial charge in [0.25, 0.3) is 0 Å². The molecular weight excluding hydrogens is 226 g/mol. The zero-order valence-electron chi connectivity index (χ0n) is 9.01. The van der Waals surface area contributed by atoms with Crippen molar-refractivity contribution in [2.75, 3.05) is 20.6 Å². The van der Waals surface area contributed by atoms with Crippen LogP contribution in [0.1, 0.15) is 5.56 Å². The van der Waals surface area contributed by atoms with Crippen LogP contribution in [0.25, 0.3) is 10.1 Å². The lowest BCUT2D eigenvalue weighted by atomic mass is 10.1. The van der Waals surface area contributed by atoms with E-state index in [2.05, 4.69) is 31.6 Å². The number of quaternary nitrogens is 1. The summed E-state index contributed by atoms with van der Waals surface area (Å²) in [5, 5.41) is 4.41. The van der Waals surface area contributed by atoms with Crippen molar-refractivity contribution in [3.63, 3.8) is 0 Å². The van der Waals surface area contributed by atoms with E-state index in [1.54, 1.807) is 11.3 Å². The zero-order chi connectivity index (χ0) is 10.8. The van der Waals surface area contributed by atoms with Gasteiger partial charge in [0.2, 0.25) is 0 Å². The molecule has 0 spiro atoms. The monoisotopic (exact) mass is 240 g/mol. The molecule has 0 saturated heterocycles. The molecule has 0 aliphatic heterocycles. The Labute approximate surface area is 99.3 Å². The highest BCUT2D eigenvalue weighted by Gasteiger charge is 2.05. The predicted octanol–water partition coefficient (Wildman–Crippen LogP) is 2.24. The fraction of sp³-hybridized carbons (Fsp3) is 0.333. The summed E-state index contributed by atoms with van der Waals surface area (Å²) in [6, 6.07) is 6.14. The van der Waals surface area contributed by atoms with Crippen LogP contribution in [0.2, 0.25) is 5.02 Å². The lowest BCUT2D eigenvalue weighted by Gasteiger charge is -2.05. The largest absolute Gasteiger partial charge is 0.340 e. The number of likely N-dealkylation sites (N-methyl/N-ethyl adjacent to an activating group) is 1. The van der Waals surface area contributed by atoms with Gasteiger partial charge in [-0.3, -0.25) is 0 Å². The highest BCUT2D eigenvalue weighted by molar-refractivity contribution is 7.17. The van der Waals surface area contributed by atoms with Gasteiger partial charge < -0.3 is 4.90 Å². The minimum Gasteiger partial charge on any atom is -0.340 e. The second kappa shape index (κ2) is 4.52. The molecule has 0 saturated carbocycles. The molecule has 2 aromatic rings. The highest BCUT2D eigenvalue weighted by atomic mass is 35.5. The van der Waals surface area contributed by atoms with Crippen molar-refractivity contribution in [1.82, 2.24) is 0 Å². The molecule has 0 aliphatic carbocycles. The number of hydrogen-bond acceptors (Lipinski definition) is 1. The number of fused-ring (bicyclic) bond motifs is 1. The van der Waals surface area contributed by atoms with Crippen molar-refractivity contribution in [2.45, 2.75) is 6.42 Å². The fourth-order valence-electron chi connectivity index (χ4n) is 1.63. The summed E-state index contributed by atoms with van der Waals surface area (Å²) in [6.45, 7) is 1.17. The van der Waals surface area contributed by atoms with Crippen LogP contribution >= 0.6 is 22.9 Å². The Kier molecular flexibility index (Phi) is 3.29. The minimum absolute atomic E-state index is 0.833. The Morgan fingerprint density at radius 3 is 2.87 bits per heavy atom. The van der Waals surface area contributed by atoms with Crippen LogP contribution in [0.5, 0.6) is 0 Å². The van der Waals surface area contributed by atoms with Crippen molar-refractivity contribution in [3.8, 4) is 0 Å². The van der Waals surface area contributed by atoms with Gasteiger partial charge >= 0.3 is 0 Å². The molecule has 3 heteroatoms. The van der Waals surface area contributed by atoms with Crippen molar-refractivity contribution in [3.05, 3.63) is 34.2 Å². The average Bonchev–Trinajstić information content (AvgIpc) is 2.57. The standard InChI is InChI=1S/C12H14ClNS/c1-14(2)6-5-9-8-15-12-4-3-10(13)7-11(9)12/h3-4,7-8H,5-6H2,1-2H3/p+1. The number of thiophene rings is 1. The molecule has 0 aliphatic rings. The number of hydrogen-bond donors (Lipinski definition) is 1. The normalized spacial score (nSPS) is 11.5. The molecule has 1 N–H and O–H groups in total. The maximum atomic E-state index is 6.01. The molecule has 0 fully saturated rings. The van der Waals surface area contributed by atoms with Crippen molar-refractivity contribution >= 4 is 33.0 Å². The summed E-state index contributed by atoms with van der Waals surface area (Å²) in [7, 11) is 4.36. The Bertz CT molecular complexity index is 462. The van der Waals surface area contributed by atoms with Crippen molar-refractivity contribution in [2.24, 2.45) is 0 Å². The first kappa shape index (κ1) is 10.9. The molecule has 0 radical (unpaired) electrons. The van der Waals surface area contributed by atoms with E-state index >= 15 is 0 Å². The van der Waals surface area contributed by atoms with E-state index in [9.17, 15) is 0 Å². The van der Waals surface area contributed by atoms with Gasteiger partial charge in [0.1, 0.15) is 0 Å². The number of benzene rings is 1. The maximum absolute atomic E-state index is 6.01. The molecule has 0 bridgehead atoms. The lowest BCUT2D eigenvalue weighted by molar-refractivity contribution is -0.858. The van der Waals surface area contributed by atoms with E-state index in [0.29, 0.717) is 0 Å².